The van der Waals surface area contributed by atoms with Crippen LogP contribution >= 0.6 is 0 Å². The summed E-state index contributed by atoms with van der Waals surface area (Å²) >= 11 is 0. The number of aliphatic hydroxyl groups excluding tert-OH is 1. The second kappa shape index (κ2) is 14.6. The first-order chi connectivity index (χ1) is 10.7. The molecule has 0 saturated heterocycles. The zero-order valence-electron chi connectivity index (χ0n) is 14.5. The molecule has 7 heteroatoms. The summed E-state index contributed by atoms with van der Waals surface area (Å²) in [6.07, 6.45) is 6.66. The lowest BCUT2D eigenvalue weighted by atomic mass is 9.97. The lowest BCUT2D eigenvalue weighted by molar-refractivity contribution is -1.25. The van der Waals surface area contributed by atoms with Crippen LogP contribution in [0.15, 0.2) is 12.7 Å². The highest BCUT2D eigenvalue weighted by atomic mass is 16.8. The maximum Gasteiger partial charge on any atom is 0.332 e. The fourth-order valence-electron chi connectivity index (χ4n) is 2.05. The van der Waals surface area contributed by atoms with Gasteiger partial charge >= 0.3 is 5.97 Å². The summed E-state index contributed by atoms with van der Waals surface area (Å²) in [4.78, 5) is 8.55. The van der Waals surface area contributed by atoms with Crippen molar-refractivity contribution < 1.29 is 30.2 Å². The molecule has 0 bridgehead atoms. The molecule has 0 aliphatic carbocycles. The molecule has 23 heavy (non-hydrogen) atoms. The maximum atomic E-state index is 9.80. The molecule has 0 aliphatic heterocycles. The number of aliphatic hydroxyl groups is 1. The molecule has 2 atom stereocenters. The van der Waals surface area contributed by atoms with E-state index in [0.717, 1.165) is 19.3 Å². The predicted molar refractivity (Wildman–Crippen MR) is 89.0 cm³/mol. The van der Waals surface area contributed by atoms with Crippen molar-refractivity contribution in [3.63, 3.8) is 0 Å². The fourth-order valence-corrected chi connectivity index (χ4v) is 2.05. The second-order valence-corrected chi connectivity index (χ2v) is 5.83. The monoisotopic (exact) mass is 335 g/mol. The molecule has 7 nitrogen and oxygen atoms in total. The minimum Gasteiger partial charge on any atom is -0.479 e. The standard InChI is InChI=1S/C13H29N2O2.C3H6O3/c1-3-5-6-9-13(8-4-2)12-15(16,17)11-7-10-14;1-2(4)3(5)6/h4,13,16-17H,2-3,5-12,14H2,1H3;2,4H,1H3,(H,5,6)/q+1;. The quantitative estimate of drug-likeness (QED) is 0.161. The number of hydrogen-bond acceptors (Lipinski definition) is 5. The number of aliphatic carboxylic acids is 1. The van der Waals surface area contributed by atoms with Gasteiger partial charge in [0.05, 0.1) is 0 Å². The molecule has 0 radical (unpaired) electrons. The summed E-state index contributed by atoms with van der Waals surface area (Å²) < 4.78 is 0. The lowest BCUT2D eigenvalue weighted by Crippen LogP contribution is -2.46. The van der Waals surface area contributed by atoms with E-state index < -0.39 is 16.9 Å². The zero-order valence-corrected chi connectivity index (χ0v) is 14.5. The Morgan fingerprint density at radius 1 is 1.30 bits per heavy atom. The van der Waals surface area contributed by atoms with Crippen LogP contribution in [0.25, 0.3) is 0 Å². The van der Waals surface area contributed by atoms with Crippen LogP contribution in [0, 0.1) is 5.92 Å². The van der Waals surface area contributed by atoms with Gasteiger partial charge < -0.3 is 15.9 Å². The molecule has 0 aromatic rings. The Kier molecular flexibility index (Phi) is 15.4. The number of carboxylic acid groups (broad SMARTS) is 1. The summed E-state index contributed by atoms with van der Waals surface area (Å²) in [5.74, 6) is -0.887. The van der Waals surface area contributed by atoms with E-state index in [-0.39, 0.29) is 0 Å². The van der Waals surface area contributed by atoms with Crippen LogP contribution in [0.2, 0.25) is 0 Å². The highest BCUT2D eigenvalue weighted by Gasteiger charge is 2.26. The van der Waals surface area contributed by atoms with Gasteiger partial charge in [-0.1, -0.05) is 32.3 Å². The molecule has 0 aromatic carbocycles. The third kappa shape index (κ3) is 17.2. The molecule has 0 rings (SSSR count). The molecule has 0 spiro atoms. The van der Waals surface area contributed by atoms with E-state index in [0.29, 0.717) is 32.0 Å². The van der Waals surface area contributed by atoms with Gasteiger partial charge in [-0.05, 0) is 31.1 Å². The largest absolute Gasteiger partial charge is 0.479 e. The smallest absolute Gasteiger partial charge is 0.332 e. The van der Waals surface area contributed by atoms with E-state index in [2.05, 4.69) is 13.5 Å². The molecule has 138 valence electrons. The summed E-state index contributed by atoms with van der Waals surface area (Å²) in [6.45, 7) is 8.26. The number of quaternary nitrogens is 1. The van der Waals surface area contributed by atoms with E-state index in [1.807, 2.05) is 6.08 Å². The minimum atomic E-state index is -1.23. The van der Waals surface area contributed by atoms with Gasteiger partial charge in [-0.15, -0.1) is 6.58 Å². The second-order valence-electron chi connectivity index (χ2n) is 5.83. The Morgan fingerprint density at radius 3 is 2.26 bits per heavy atom. The van der Waals surface area contributed by atoms with Crippen molar-refractivity contribution in [2.45, 2.75) is 58.5 Å². The molecular formula is C16H35N2O5+. The van der Waals surface area contributed by atoms with Crippen molar-refractivity contribution in [3.05, 3.63) is 12.7 Å². The van der Waals surface area contributed by atoms with Crippen LogP contribution in [0.5, 0.6) is 0 Å². The van der Waals surface area contributed by atoms with Crippen LogP contribution in [0.4, 0.5) is 0 Å². The Labute approximate surface area is 139 Å². The van der Waals surface area contributed by atoms with Crippen LogP contribution in [0.3, 0.4) is 0 Å². The van der Waals surface area contributed by atoms with E-state index in [4.69, 9.17) is 15.9 Å². The molecule has 0 aliphatic rings. The van der Waals surface area contributed by atoms with Gasteiger partial charge in [0.25, 0.3) is 0 Å². The number of hydrogen-bond donors (Lipinski definition) is 5. The molecule has 0 aromatic heterocycles. The van der Waals surface area contributed by atoms with Crippen LogP contribution in [-0.2, 0) is 4.79 Å². The van der Waals surface area contributed by atoms with Crippen molar-refractivity contribution in [2.75, 3.05) is 19.6 Å². The molecular weight excluding hydrogens is 300 g/mol. The van der Waals surface area contributed by atoms with E-state index >= 15 is 0 Å². The summed E-state index contributed by atoms with van der Waals surface area (Å²) in [7, 11) is 0. The first-order valence-electron chi connectivity index (χ1n) is 8.24. The van der Waals surface area contributed by atoms with Crippen LogP contribution < -0.4 is 5.73 Å². The van der Waals surface area contributed by atoms with Gasteiger partial charge in [-0.25, -0.2) is 4.79 Å². The van der Waals surface area contributed by atoms with Gasteiger partial charge in [-0.3, -0.25) is 0 Å². The molecule has 0 heterocycles. The Morgan fingerprint density at radius 2 is 1.87 bits per heavy atom. The SMILES string of the molecule is C=CCC(CCCCC)C[N+](O)(O)CCCN.CC(O)C(=O)O. The van der Waals surface area contributed by atoms with Gasteiger partial charge in [0.15, 0.2) is 0 Å². The van der Waals surface area contributed by atoms with Crippen molar-refractivity contribution in [2.24, 2.45) is 11.7 Å². The Hall–Kier alpha value is -0.990. The highest BCUT2D eigenvalue weighted by molar-refractivity contribution is 5.71. The summed E-state index contributed by atoms with van der Waals surface area (Å²) in [6, 6.07) is 0. The first kappa shape index (κ1) is 24.3. The topological polar surface area (TPSA) is 124 Å². The molecule has 0 amide bonds. The molecule has 6 N–H and O–H groups in total. The van der Waals surface area contributed by atoms with E-state index in [9.17, 15) is 15.2 Å². The molecule has 0 fully saturated rings. The number of carbonyl (C=O) groups is 1. The van der Waals surface area contributed by atoms with Crippen LogP contribution in [0.1, 0.15) is 52.4 Å². The zero-order chi connectivity index (χ0) is 18.3. The lowest BCUT2D eigenvalue weighted by Gasteiger charge is -2.25. The normalized spacial score (nSPS) is 13.7. The van der Waals surface area contributed by atoms with Gasteiger partial charge in [0, 0.05) is 12.3 Å². The third-order valence-corrected chi connectivity index (χ3v) is 3.34. The first-order valence-corrected chi connectivity index (χ1v) is 8.24. The highest BCUT2D eigenvalue weighted by Crippen LogP contribution is 2.18. The van der Waals surface area contributed by atoms with Crippen LogP contribution in [-0.4, -0.2) is 57.1 Å². The third-order valence-electron chi connectivity index (χ3n) is 3.34. The van der Waals surface area contributed by atoms with Crippen molar-refractivity contribution in [3.8, 4) is 0 Å². The Balaban J connectivity index is 0. The van der Waals surface area contributed by atoms with Crippen molar-refractivity contribution >= 4 is 5.97 Å². The van der Waals surface area contributed by atoms with Gasteiger partial charge in [0.1, 0.15) is 19.2 Å². The number of unbranched alkanes of at least 4 members (excludes halogenated alkanes) is 2. The average molecular weight is 335 g/mol. The Bertz CT molecular complexity index is 309. The number of nitrogens with zero attached hydrogens (tertiary/aromatic N) is 1. The predicted octanol–water partition coefficient (Wildman–Crippen LogP) is 2.15. The number of allylic oxidation sites excluding steroid dienone is 1. The fraction of sp³-hybridized carbons (Fsp3) is 0.812. The van der Waals surface area contributed by atoms with Gasteiger partial charge in [-0.2, -0.15) is 10.4 Å². The summed E-state index contributed by atoms with van der Waals surface area (Å²) in [5.41, 5.74) is 5.38. The van der Waals surface area contributed by atoms with Gasteiger partial charge in [0.2, 0.25) is 0 Å². The molecule has 2 unspecified atom stereocenters. The van der Waals surface area contributed by atoms with E-state index in [1.54, 1.807) is 0 Å². The van der Waals surface area contributed by atoms with Crippen molar-refractivity contribution in [1.29, 1.82) is 0 Å². The number of hydroxylamine groups is 4. The van der Waals surface area contributed by atoms with E-state index in [1.165, 1.54) is 19.8 Å². The summed E-state index contributed by atoms with van der Waals surface area (Å²) in [5, 5.41) is 35.4. The van der Waals surface area contributed by atoms with Crippen molar-refractivity contribution in [1.82, 2.24) is 0 Å². The number of rotatable bonds is 12. The number of carboxylic acids is 1. The molecule has 0 saturated carbocycles. The number of nitrogens with two attached hydrogens (primary N) is 1. The average Bonchev–Trinajstić information content (AvgIpc) is 2.46. The maximum absolute atomic E-state index is 9.80. The minimum absolute atomic E-state index is 0.298.